The second kappa shape index (κ2) is 4.36. The van der Waals surface area contributed by atoms with Crippen LogP contribution in [-0.2, 0) is 9.63 Å². The molecule has 5 heteroatoms. The van der Waals surface area contributed by atoms with Gasteiger partial charge in [0.2, 0.25) is 0 Å². The molecule has 0 unspecified atom stereocenters. The van der Waals surface area contributed by atoms with E-state index in [2.05, 4.69) is 10.3 Å². The van der Waals surface area contributed by atoms with Crippen molar-refractivity contribution in [2.45, 2.75) is 6.92 Å². The van der Waals surface area contributed by atoms with Gasteiger partial charge < -0.3 is 14.7 Å². The number of hydrogen-bond acceptors (Lipinski definition) is 5. The van der Waals surface area contributed by atoms with E-state index in [1.54, 1.807) is 6.07 Å². The van der Waals surface area contributed by atoms with Gasteiger partial charge in [-0.05, 0) is 12.1 Å². The third-order valence-electron chi connectivity index (χ3n) is 1.49. The van der Waals surface area contributed by atoms with Crippen LogP contribution < -0.4 is 10.2 Å². The van der Waals surface area contributed by atoms with E-state index in [9.17, 15) is 9.90 Å². The number of hydrogen-bond donors (Lipinski definition) is 2. The van der Waals surface area contributed by atoms with Crippen LogP contribution in [0.15, 0.2) is 18.2 Å². The minimum absolute atomic E-state index is 0.0286. The molecule has 1 aromatic rings. The smallest absolute Gasteiger partial charge is 0.329 e. The first kappa shape index (κ1) is 10.2. The highest BCUT2D eigenvalue weighted by Crippen LogP contribution is 2.28. The minimum atomic E-state index is -0.447. The van der Waals surface area contributed by atoms with Crippen molar-refractivity contribution in [1.29, 1.82) is 0 Å². The molecule has 0 aliphatic heterocycles. The Morgan fingerprint density at radius 3 is 2.79 bits per heavy atom. The quantitative estimate of drug-likeness (QED) is 0.564. The zero-order valence-electron chi connectivity index (χ0n) is 7.90. The molecule has 0 saturated heterocycles. The molecule has 0 bridgehead atoms. The van der Waals surface area contributed by atoms with Crippen LogP contribution in [0, 0.1) is 0 Å². The Morgan fingerprint density at radius 1 is 1.50 bits per heavy atom. The summed E-state index contributed by atoms with van der Waals surface area (Å²) < 4.78 is 4.86. The largest absolute Gasteiger partial charge is 0.504 e. The Balaban J connectivity index is 2.74. The summed E-state index contributed by atoms with van der Waals surface area (Å²) in [6.45, 7) is 1.28. The Bertz CT molecular complexity index is 338. The van der Waals surface area contributed by atoms with Crippen LogP contribution in [0.4, 0.5) is 5.69 Å². The van der Waals surface area contributed by atoms with Crippen molar-refractivity contribution in [3.8, 4) is 11.5 Å². The fourth-order valence-electron chi connectivity index (χ4n) is 0.872. The maximum absolute atomic E-state index is 10.5. The number of rotatable bonds is 3. The number of carbonyl (C=O) groups is 1. The van der Waals surface area contributed by atoms with E-state index in [0.29, 0.717) is 11.4 Å². The van der Waals surface area contributed by atoms with Crippen LogP contribution in [-0.4, -0.2) is 18.2 Å². The van der Waals surface area contributed by atoms with Crippen LogP contribution in [0.1, 0.15) is 6.92 Å². The first-order valence-electron chi connectivity index (χ1n) is 3.94. The summed E-state index contributed by atoms with van der Waals surface area (Å²) in [5, 5.41) is 9.25. The van der Waals surface area contributed by atoms with E-state index in [1.807, 2.05) is 0 Å². The summed E-state index contributed by atoms with van der Waals surface area (Å²) in [5.41, 5.74) is 2.93. The number of anilines is 1. The number of phenolic OH excluding ortho intramolecular Hbond substituents is 1. The number of ether oxygens (including phenoxy) is 1. The molecule has 0 spiro atoms. The van der Waals surface area contributed by atoms with E-state index in [4.69, 9.17) is 4.74 Å². The zero-order chi connectivity index (χ0) is 10.6. The average molecular weight is 197 g/mol. The molecule has 0 heterocycles. The molecule has 2 N–H and O–H groups in total. The van der Waals surface area contributed by atoms with Gasteiger partial charge in [-0.1, -0.05) is 0 Å². The molecule has 0 saturated carbocycles. The summed E-state index contributed by atoms with van der Waals surface area (Å²) >= 11 is 0. The topological polar surface area (TPSA) is 67.8 Å². The fourth-order valence-corrected chi connectivity index (χ4v) is 0.872. The SMILES string of the molecule is COc1cc(NOC(C)=O)ccc1O. The molecule has 0 aliphatic carbocycles. The summed E-state index contributed by atoms with van der Waals surface area (Å²) in [6, 6.07) is 4.50. The molecule has 0 amide bonds. The van der Waals surface area contributed by atoms with E-state index in [-0.39, 0.29) is 5.75 Å². The van der Waals surface area contributed by atoms with Gasteiger partial charge in [-0.2, -0.15) is 0 Å². The predicted molar refractivity (Wildman–Crippen MR) is 50.0 cm³/mol. The highest BCUT2D eigenvalue weighted by molar-refractivity contribution is 5.67. The first-order valence-corrected chi connectivity index (χ1v) is 3.94. The van der Waals surface area contributed by atoms with Crippen LogP contribution in [0.2, 0.25) is 0 Å². The van der Waals surface area contributed by atoms with Crippen LogP contribution in [0.5, 0.6) is 11.5 Å². The molecule has 1 aromatic carbocycles. The van der Waals surface area contributed by atoms with Crippen LogP contribution >= 0.6 is 0 Å². The van der Waals surface area contributed by atoms with Gasteiger partial charge in [0.15, 0.2) is 11.5 Å². The van der Waals surface area contributed by atoms with Crippen molar-refractivity contribution in [3.05, 3.63) is 18.2 Å². The van der Waals surface area contributed by atoms with Gasteiger partial charge in [-0.25, -0.2) is 5.48 Å². The molecule has 5 nitrogen and oxygen atoms in total. The third kappa shape index (κ3) is 2.55. The van der Waals surface area contributed by atoms with Gasteiger partial charge in [0.05, 0.1) is 12.8 Å². The Morgan fingerprint density at radius 2 is 2.21 bits per heavy atom. The van der Waals surface area contributed by atoms with Crippen LogP contribution in [0.3, 0.4) is 0 Å². The lowest BCUT2D eigenvalue weighted by Gasteiger charge is -2.07. The predicted octanol–water partition coefficient (Wildman–Crippen LogP) is 1.29. The second-order valence-electron chi connectivity index (χ2n) is 2.58. The van der Waals surface area contributed by atoms with Crippen molar-refractivity contribution < 1.29 is 19.5 Å². The van der Waals surface area contributed by atoms with Crippen molar-refractivity contribution in [3.63, 3.8) is 0 Å². The van der Waals surface area contributed by atoms with E-state index in [1.165, 1.54) is 26.2 Å². The molecule has 14 heavy (non-hydrogen) atoms. The average Bonchev–Trinajstić information content (AvgIpc) is 2.16. The van der Waals surface area contributed by atoms with Gasteiger partial charge in [0.25, 0.3) is 0 Å². The third-order valence-corrected chi connectivity index (χ3v) is 1.49. The molecule has 0 radical (unpaired) electrons. The van der Waals surface area contributed by atoms with Gasteiger partial charge in [-0.3, -0.25) is 4.79 Å². The number of nitrogens with one attached hydrogen (secondary N) is 1. The molecule has 0 atom stereocenters. The minimum Gasteiger partial charge on any atom is -0.504 e. The number of aromatic hydroxyl groups is 1. The number of methoxy groups -OCH3 is 1. The van der Waals surface area contributed by atoms with Crippen molar-refractivity contribution in [2.24, 2.45) is 0 Å². The Hall–Kier alpha value is -1.91. The molecular weight excluding hydrogens is 186 g/mol. The fraction of sp³-hybridized carbons (Fsp3) is 0.222. The number of carbonyl (C=O) groups excluding carboxylic acids is 1. The molecular formula is C9H11NO4. The summed E-state index contributed by atoms with van der Waals surface area (Å²) in [7, 11) is 1.44. The molecule has 0 aromatic heterocycles. The van der Waals surface area contributed by atoms with E-state index in [0.717, 1.165) is 0 Å². The molecule has 1 rings (SSSR count). The van der Waals surface area contributed by atoms with E-state index < -0.39 is 5.97 Å². The van der Waals surface area contributed by atoms with Gasteiger partial charge in [0, 0.05) is 13.0 Å². The highest BCUT2D eigenvalue weighted by Gasteiger charge is 2.02. The van der Waals surface area contributed by atoms with E-state index >= 15 is 0 Å². The Labute approximate surface area is 81.2 Å². The monoisotopic (exact) mass is 197 g/mol. The summed E-state index contributed by atoms with van der Waals surface area (Å²) in [4.78, 5) is 15.0. The first-order chi connectivity index (χ1) is 6.63. The summed E-state index contributed by atoms with van der Waals surface area (Å²) in [5.74, 6) is -0.111. The maximum atomic E-state index is 10.5. The lowest BCUT2D eigenvalue weighted by atomic mass is 10.3. The maximum Gasteiger partial charge on any atom is 0.329 e. The molecule has 0 fully saturated rings. The van der Waals surface area contributed by atoms with Crippen molar-refractivity contribution >= 4 is 11.7 Å². The van der Waals surface area contributed by atoms with Crippen LogP contribution in [0.25, 0.3) is 0 Å². The van der Waals surface area contributed by atoms with Gasteiger partial charge >= 0.3 is 5.97 Å². The lowest BCUT2D eigenvalue weighted by Crippen LogP contribution is -2.05. The number of benzene rings is 1. The number of phenols is 1. The molecule has 76 valence electrons. The zero-order valence-corrected chi connectivity index (χ0v) is 7.90. The molecule has 0 aliphatic rings. The summed E-state index contributed by atoms with van der Waals surface area (Å²) in [6.07, 6.45) is 0. The standard InChI is InChI=1S/C9H11NO4/c1-6(11)14-10-7-3-4-8(12)9(5-7)13-2/h3-5,10,12H,1-2H3. The van der Waals surface area contributed by atoms with Crippen molar-refractivity contribution in [1.82, 2.24) is 0 Å². The lowest BCUT2D eigenvalue weighted by molar-refractivity contribution is -0.138. The highest BCUT2D eigenvalue weighted by atomic mass is 16.7. The van der Waals surface area contributed by atoms with Gasteiger partial charge in [-0.15, -0.1) is 0 Å². The Kier molecular flexibility index (Phi) is 3.17. The second-order valence-corrected chi connectivity index (χ2v) is 2.58. The van der Waals surface area contributed by atoms with Crippen molar-refractivity contribution in [2.75, 3.05) is 12.6 Å². The normalized spacial score (nSPS) is 9.29. The van der Waals surface area contributed by atoms with Gasteiger partial charge in [0.1, 0.15) is 0 Å².